The molecular formula is C16H21ClN4. The third-order valence-electron chi connectivity index (χ3n) is 4.86. The van der Waals surface area contributed by atoms with E-state index in [2.05, 4.69) is 15.2 Å². The lowest BCUT2D eigenvalue weighted by molar-refractivity contribution is 0.232. The van der Waals surface area contributed by atoms with Gasteiger partial charge in [-0.3, -0.25) is 4.98 Å². The van der Waals surface area contributed by atoms with Crippen LogP contribution < -0.4 is 10.2 Å². The molecule has 0 amide bonds. The van der Waals surface area contributed by atoms with Gasteiger partial charge in [0.15, 0.2) is 0 Å². The lowest BCUT2D eigenvalue weighted by Crippen LogP contribution is -2.38. The number of rotatable bonds is 1. The van der Waals surface area contributed by atoms with Crippen LogP contribution in [-0.4, -0.2) is 36.1 Å². The molecule has 1 spiro atoms. The molecule has 0 bridgehead atoms. The minimum Gasteiger partial charge on any atom is -0.355 e. The number of para-hydroxylation sites is 2. The van der Waals surface area contributed by atoms with Crippen molar-refractivity contribution in [2.45, 2.75) is 19.3 Å². The van der Waals surface area contributed by atoms with Crippen molar-refractivity contribution in [1.29, 1.82) is 0 Å². The monoisotopic (exact) mass is 304 g/mol. The van der Waals surface area contributed by atoms with E-state index in [0.717, 1.165) is 43.0 Å². The number of hydrogen-bond acceptors (Lipinski definition) is 4. The number of piperidine rings is 1. The van der Waals surface area contributed by atoms with Gasteiger partial charge in [-0.25, -0.2) is 4.98 Å². The Labute approximate surface area is 131 Å². The predicted octanol–water partition coefficient (Wildman–Crippen LogP) is 2.63. The fraction of sp³-hybridized carbons (Fsp3) is 0.500. The molecule has 4 rings (SSSR count). The maximum atomic E-state index is 4.78. The van der Waals surface area contributed by atoms with E-state index in [1.807, 2.05) is 30.5 Å². The molecule has 0 atom stereocenters. The molecule has 1 N–H and O–H groups in total. The highest BCUT2D eigenvalue weighted by Gasteiger charge is 2.39. The van der Waals surface area contributed by atoms with E-state index in [9.17, 15) is 0 Å². The van der Waals surface area contributed by atoms with E-state index in [1.54, 1.807) is 0 Å². The van der Waals surface area contributed by atoms with Crippen molar-refractivity contribution in [3.63, 3.8) is 0 Å². The van der Waals surface area contributed by atoms with Gasteiger partial charge in [-0.1, -0.05) is 12.1 Å². The van der Waals surface area contributed by atoms with E-state index >= 15 is 0 Å². The van der Waals surface area contributed by atoms with Crippen LogP contribution in [0.3, 0.4) is 0 Å². The third-order valence-corrected chi connectivity index (χ3v) is 4.86. The molecule has 4 nitrogen and oxygen atoms in total. The number of hydrogen-bond donors (Lipinski definition) is 1. The summed E-state index contributed by atoms with van der Waals surface area (Å²) in [6.07, 6.45) is 5.82. The standard InChI is InChI=1S/C16H20N4.ClH/c1-2-4-14-13(3-1)18-11-15(19-14)20-10-7-16(12-20)5-8-17-9-6-16;/h1-4,11,17H,5-10,12H2;1H. The van der Waals surface area contributed by atoms with E-state index in [1.165, 1.54) is 19.3 Å². The van der Waals surface area contributed by atoms with Gasteiger partial charge in [-0.15, -0.1) is 12.4 Å². The van der Waals surface area contributed by atoms with Crippen LogP contribution in [0.15, 0.2) is 30.5 Å². The van der Waals surface area contributed by atoms with Crippen LogP contribution in [0.1, 0.15) is 19.3 Å². The SMILES string of the molecule is Cl.c1ccc2nc(N3CCC4(CCNCC4)C3)cnc2c1. The van der Waals surface area contributed by atoms with Crippen LogP contribution in [0.25, 0.3) is 11.0 Å². The van der Waals surface area contributed by atoms with Gasteiger partial charge in [0.25, 0.3) is 0 Å². The van der Waals surface area contributed by atoms with Crippen molar-refractivity contribution in [3.8, 4) is 0 Å². The number of nitrogens with one attached hydrogen (secondary N) is 1. The second-order valence-corrected chi connectivity index (χ2v) is 6.14. The van der Waals surface area contributed by atoms with Gasteiger partial charge in [-0.05, 0) is 49.9 Å². The van der Waals surface area contributed by atoms with E-state index < -0.39 is 0 Å². The van der Waals surface area contributed by atoms with Gasteiger partial charge in [0.05, 0.1) is 17.2 Å². The fourth-order valence-corrected chi connectivity index (χ4v) is 3.60. The highest BCUT2D eigenvalue weighted by atomic mass is 35.5. The molecule has 5 heteroatoms. The molecule has 1 aromatic carbocycles. The van der Waals surface area contributed by atoms with Crippen LogP contribution >= 0.6 is 12.4 Å². The van der Waals surface area contributed by atoms with Crippen LogP contribution in [0.2, 0.25) is 0 Å². The van der Waals surface area contributed by atoms with Gasteiger partial charge < -0.3 is 10.2 Å². The van der Waals surface area contributed by atoms with Crippen molar-refractivity contribution in [2.24, 2.45) is 5.41 Å². The quantitative estimate of drug-likeness (QED) is 0.879. The zero-order valence-electron chi connectivity index (χ0n) is 12.1. The molecule has 2 saturated heterocycles. The Morgan fingerprint density at radius 2 is 1.81 bits per heavy atom. The second kappa shape index (κ2) is 5.78. The Morgan fingerprint density at radius 1 is 1.05 bits per heavy atom. The highest BCUT2D eigenvalue weighted by molar-refractivity contribution is 5.85. The predicted molar refractivity (Wildman–Crippen MR) is 88.2 cm³/mol. The number of aromatic nitrogens is 2. The number of halogens is 1. The molecule has 0 unspecified atom stereocenters. The van der Waals surface area contributed by atoms with E-state index in [4.69, 9.17) is 4.98 Å². The van der Waals surface area contributed by atoms with Gasteiger partial charge in [0.1, 0.15) is 5.82 Å². The molecule has 2 aliphatic heterocycles. The number of fused-ring (bicyclic) bond motifs is 1. The van der Waals surface area contributed by atoms with Crippen molar-refractivity contribution in [3.05, 3.63) is 30.5 Å². The number of benzene rings is 1. The molecule has 2 aromatic rings. The molecule has 21 heavy (non-hydrogen) atoms. The first kappa shape index (κ1) is 14.5. The van der Waals surface area contributed by atoms with Crippen LogP contribution in [0, 0.1) is 5.41 Å². The Balaban J connectivity index is 0.00000132. The summed E-state index contributed by atoms with van der Waals surface area (Å²) in [5.74, 6) is 1.04. The second-order valence-electron chi connectivity index (χ2n) is 6.14. The Hall–Kier alpha value is -1.39. The van der Waals surface area contributed by atoms with Crippen LogP contribution in [0.4, 0.5) is 5.82 Å². The van der Waals surface area contributed by atoms with Crippen molar-refractivity contribution in [1.82, 2.24) is 15.3 Å². The summed E-state index contributed by atoms with van der Waals surface area (Å²) in [5, 5.41) is 3.47. The summed E-state index contributed by atoms with van der Waals surface area (Å²) < 4.78 is 0. The molecule has 0 radical (unpaired) electrons. The molecule has 1 aromatic heterocycles. The van der Waals surface area contributed by atoms with Gasteiger partial charge in [0, 0.05) is 13.1 Å². The Bertz CT molecular complexity index is 624. The zero-order valence-corrected chi connectivity index (χ0v) is 12.9. The average molecular weight is 305 g/mol. The lowest BCUT2D eigenvalue weighted by atomic mass is 9.78. The molecule has 0 saturated carbocycles. The number of nitrogens with zero attached hydrogens (tertiary/aromatic N) is 3. The Kier molecular flexibility index (Phi) is 4.00. The lowest BCUT2D eigenvalue weighted by Gasteiger charge is -2.33. The van der Waals surface area contributed by atoms with E-state index in [-0.39, 0.29) is 12.4 Å². The first-order chi connectivity index (χ1) is 9.85. The van der Waals surface area contributed by atoms with Crippen LogP contribution in [0.5, 0.6) is 0 Å². The van der Waals surface area contributed by atoms with Gasteiger partial charge >= 0.3 is 0 Å². The minimum absolute atomic E-state index is 0. The topological polar surface area (TPSA) is 41.1 Å². The maximum absolute atomic E-state index is 4.78. The molecule has 2 fully saturated rings. The van der Waals surface area contributed by atoms with E-state index in [0.29, 0.717) is 5.41 Å². The first-order valence-corrected chi connectivity index (χ1v) is 7.52. The number of anilines is 1. The summed E-state index contributed by atoms with van der Waals surface area (Å²) in [7, 11) is 0. The Morgan fingerprint density at radius 3 is 2.62 bits per heavy atom. The van der Waals surface area contributed by atoms with Crippen molar-refractivity contribution < 1.29 is 0 Å². The summed E-state index contributed by atoms with van der Waals surface area (Å²) in [4.78, 5) is 11.7. The summed E-state index contributed by atoms with van der Waals surface area (Å²) in [6.45, 7) is 4.59. The summed E-state index contributed by atoms with van der Waals surface area (Å²) >= 11 is 0. The zero-order chi connectivity index (χ0) is 13.4. The highest BCUT2D eigenvalue weighted by Crippen LogP contribution is 2.39. The minimum atomic E-state index is 0. The average Bonchev–Trinajstić information content (AvgIpc) is 2.91. The maximum Gasteiger partial charge on any atom is 0.147 e. The molecule has 2 aliphatic rings. The summed E-state index contributed by atoms with van der Waals surface area (Å²) in [5.41, 5.74) is 2.49. The van der Waals surface area contributed by atoms with Gasteiger partial charge in [0.2, 0.25) is 0 Å². The molecular weight excluding hydrogens is 284 g/mol. The van der Waals surface area contributed by atoms with Gasteiger partial charge in [-0.2, -0.15) is 0 Å². The molecule has 112 valence electrons. The van der Waals surface area contributed by atoms with Crippen LogP contribution in [-0.2, 0) is 0 Å². The summed E-state index contributed by atoms with van der Waals surface area (Å²) in [6, 6.07) is 8.10. The fourth-order valence-electron chi connectivity index (χ4n) is 3.60. The third kappa shape index (κ3) is 2.70. The molecule has 0 aliphatic carbocycles. The normalized spacial score (nSPS) is 20.7. The smallest absolute Gasteiger partial charge is 0.147 e. The first-order valence-electron chi connectivity index (χ1n) is 7.52. The largest absolute Gasteiger partial charge is 0.355 e. The van der Waals surface area contributed by atoms with Crippen molar-refractivity contribution >= 4 is 29.3 Å². The van der Waals surface area contributed by atoms with Crippen molar-refractivity contribution in [2.75, 3.05) is 31.1 Å². The molecule has 3 heterocycles.